The molecule has 1 saturated heterocycles. The van der Waals surface area contributed by atoms with Gasteiger partial charge in [0, 0.05) is 19.1 Å². The first-order valence-electron chi connectivity index (χ1n) is 7.50. The first-order valence-corrected chi connectivity index (χ1v) is 7.50. The van der Waals surface area contributed by atoms with E-state index < -0.39 is 18.1 Å². The van der Waals surface area contributed by atoms with Gasteiger partial charge in [-0.05, 0) is 46.7 Å². The van der Waals surface area contributed by atoms with Crippen LogP contribution in [0.2, 0.25) is 0 Å². The minimum absolute atomic E-state index is 0.0185. The Balaban J connectivity index is 2.20. The number of alkyl halides is 3. The van der Waals surface area contributed by atoms with E-state index in [1.165, 1.54) is 0 Å². The highest BCUT2D eigenvalue weighted by Gasteiger charge is 2.42. The maximum Gasteiger partial charge on any atom is 0.393 e. The second-order valence-corrected chi connectivity index (χ2v) is 6.00. The lowest BCUT2D eigenvalue weighted by atomic mass is 9.94. The van der Waals surface area contributed by atoms with E-state index in [0.29, 0.717) is 12.6 Å². The van der Waals surface area contributed by atoms with Crippen molar-refractivity contribution in [3.63, 3.8) is 0 Å². The number of nitrogens with zero attached hydrogens (tertiary/aromatic N) is 1. The number of amides is 1. The van der Waals surface area contributed by atoms with Crippen molar-refractivity contribution in [3.8, 4) is 0 Å². The molecule has 0 radical (unpaired) electrons. The van der Waals surface area contributed by atoms with Crippen molar-refractivity contribution in [2.45, 2.75) is 51.4 Å². The molecule has 1 aliphatic rings. The van der Waals surface area contributed by atoms with Crippen molar-refractivity contribution >= 4 is 5.91 Å². The number of hydrogen-bond donors (Lipinski definition) is 2. The van der Waals surface area contributed by atoms with Crippen molar-refractivity contribution in [1.82, 2.24) is 15.5 Å². The maximum absolute atomic E-state index is 12.5. The summed E-state index contributed by atoms with van der Waals surface area (Å²) in [5.74, 6) is -1.52. The molecule has 0 bridgehead atoms. The maximum atomic E-state index is 12.5. The summed E-state index contributed by atoms with van der Waals surface area (Å²) in [6, 6.07) is -0.0357. The molecule has 21 heavy (non-hydrogen) atoms. The Morgan fingerprint density at radius 2 is 2.05 bits per heavy atom. The van der Waals surface area contributed by atoms with Gasteiger partial charge in [-0.15, -0.1) is 0 Å². The zero-order valence-corrected chi connectivity index (χ0v) is 13.0. The first kappa shape index (κ1) is 18.2. The molecule has 1 rings (SSSR count). The summed E-state index contributed by atoms with van der Waals surface area (Å²) < 4.78 is 37.5. The third-order valence-electron chi connectivity index (χ3n) is 4.06. The molecular formula is C14H26F3N3O. The number of rotatable bonds is 6. The van der Waals surface area contributed by atoms with Gasteiger partial charge in [0.2, 0.25) is 5.91 Å². The normalized spacial score (nSPS) is 23.6. The average molecular weight is 309 g/mol. The summed E-state index contributed by atoms with van der Waals surface area (Å²) in [5, 5.41) is 5.49. The van der Waals surface area contributed by atoms with E-state index in [1.54, 1.807) is 0 Å². The molecule has 2 unspecified atom stereocenters. The van der Waals surface area contributed by atoms with Gasteiger partial charge < -0.3 is 15.5 Å². The molecule has 1 fully saturated rings. The largest absolute Gasteiger partial charge is 0.393 e. The Morgan fingerprint density at radius 3 is 2.52 bits per heavy atom. The van der Waals surface area contributed by atoms with Crippen molar-refractivity contribution in [1.29, 1.82) is 0 Å². The van der Waals surface area contributed by atoms with Gasteiger partial charge in [-0.3, -0.25) is 4.79 Å². The van der Waals surface area contributed by atoms with Crippen LogP contribution in [-0.4, -0.2) is 55.7 Å². The van der Waals surface area contributed by atoms with Crippen LogP contribution in [0.4, 0.5) is 13.2 Å². The fraction of sp³-hybridized carbons (Fsp3) is 0.929. The minimum Gasteiger partial charge on any atom is -0.355 e. The molecule has 0 spiro atoms. The van der Waals surface area contributed by atoms with Crippen molar-refractivity contribution in [2.75, 3.05) is 26.7 Å². The molecule has 1 heterocycles. The Labute approximate surface area is 124 Å². The average Bonchev–Trinajstić information content (AvgIpc) is 2.42. The molecule has 1 amide bonds. The number of hydrogen-bond acceptors (Lipinski definition) is 3. The quantitative estimate of drug-likeness (QED) is 0.735. The molecule has 2 atom stereocenters. The fourth-order valence-electron chi connectivity index (χ4n) is 2.28. The van der Waals surface area contributed by atoms with Crippen LogP contribution in [0.5, 0.6) is 0 Å². The zero-order chi connectivity index (χ0) is 16.0. The number of halogens is 3. The Morgan fingerprint density at radius 1 is 1.38 bits per heavy atom. The van der Waals surface area contributed by atoms with Gasteiger partial charge in [0.25, 0.3) is 0 Å². The van der Waals surface area contributed by atoms with E-state index in [-0.39, 0.29) is 25.3 Å². The molecule has 4 nitrogen and oxygen atoms in total. The van der Waals surface area contributed by atoms with E-state index in [1.807, 2.05) is 7.05 Å². The second-order valence-electron chi connectivity index (χ2n) is 6.00. The van der Waals surface area contributed by atoms with Crippen molar-refractivity contribution in [3.05, 3.63) is 0 Å². The molecule has 7 heteroatoms. The zero-order valence-electron chi connectivity index (χ0n) is 13.0. The highest BCUT2D eigenvalue weighted by molar-refractivity contribution is 5.81. The van der Waals surface area contributed by atoms with E-state index in [2.05, 4.69) is 29.4 Å². The molecule has 0 aliphatic carbocycles. The van der Waals surface area contributed by atoms with Crippen LogP contribution in [0.25, 0.3) is 0 Å². The lowest BCUT2D eigenvalue weighted by molar-refractivity contribution is -0.180. The van der Waals surface area contributed by atoms with Crippen molar-refractivity contribution in [2.24, 2.45) is 5.92 Å². The lowest BCUT2D eigenvalue weighted by Crippen LogP contribution is -2.51. The third-order valence-corrected chi connectivity index (χ3v) is 4.06. The standard InChI is InChI=1S/C14H26F3N3O/c1-10(2)20(3)8-4-7-18-13(21)12-6-5-11(9-19-12)14(15,16)17/h10-12,19H,4-9H2,1-3H3,(H,18,21). The first-order chi connectivity index (χ1) is 9.71. The SMILES string of the molecule is CC(C)N(C)CCCNC(=O)C1CCC(C(F)(F)F)CN1. The van der Waals surface area contributed by atoms with Crippen molar-refractivity contribution < 1.29 is 18.0 Å². The van der Waals surface area contributed by atoms with E-state index in [0.717, 1.165) is 13.0 Å². The summed E-state index contributed by atoms with van der Waals surface area (Å²) in [6.45, 7) is 5.46. The highest BCUT2D eigenvalue weighted by atomic mass is 19.4. The Kier molecular flexibility index (Phi) is 6.93. The highest BCUT2D eigenvalue weighted by Crippen LogP contribution is 2.31. The molecular weight excluding hydrogens is 283 g/mol. The van der Waals surface area contributed by atoms with Gasteiger partial charge in [0.05, 0.1) is 12.0 Å². The molecule has 124 valence electrons. The molecule has 0 aromatic carbocycles. The summed E-state index contributed by atoms with van der Waals surface area (Å²) in [6.07, 6.45) is -3.08. The smallest absolute Gasteiger partial charge is 0.355 e. The Hall–Kier alpha value is -0.820. The molecule has 0 saturated carbocycles. The molecule has 0 aromatic heterocycles. The van der Waals surface area contributed by atoms with Gasteiger partial charge in [-0.25, -0.2) is 0 Å². The Bertz CT molecular complexity index is 326. The predicted octanol–water partition coefficient (Wildman–Crippen LogP) is 1.76. The molecule has 2 N–H and O–H groups in total. The topological polar surface area (TPSA) is 44.4 Å². The minimum atomic E-state index is -4.17. The van der Waals surface area contributed by atoms with Gasteiger partial charge in [0.1, 0.15) is 0 Å². The number of carbonyl (C=O) groups excluding carboxylic acids is 1. The second kappa shape index (κ2) is 7.98. The number of carbonyl (C=O) groups is 1. The molecule has 0 aromatic rings. The van der Waals surface area contributed by atoms with Crippen LogP contribution < -0.4 is 10.6 Å². The van der Waals surface area contributed by atoms with E-state index in [9.17, 15) is 18.0 Å². The lowest BCUT2D eigenvalue weighted by Gasteiger charge is -2.30. The third kappa shape index (κ3) is 6.22. The number of piperidine rings is 1. The van der Waals surface area contributed by atoms with Gasteiger partial charge in [-0.2, -0.15) is 13.2 Å². The fourth-order valence-corrected chi connectivity index (χ4v) is 2.28. The summed E-state index contributed by atoms with van der Waals surface area (Å²) >= 11 is 0. The van der Waals surface area contributed by atoms with Gasteiger partial charge in [-0.1, -0.05) is 0 Å². The van der Waals surface area contributed by atoms with E-state index >= 15 is 0 Å². The van der Waals surface area contributed by atoms with Crippen LogP contribution in [0, 0.1) is 5.92 Å². The summed E-state index contributed by atoms with van der Waals surface area (Å²) in [4.78, 5) is 14.0. The van der Waals surface area contributed by atoms with Crippen LogP contribution in [-0.2, 0) is 4.79 Å². The van der Waals surface area contributed by atoms with Gasteiger partial charge in [0.15, 0.2) is 0 Å². The molecule has 1 aliphatic heterocycles. The van der Waals surface area contributed by atoms with Crippen LogP contribution in [0.3, 0.4) is 0 Å². The summed E-state index contributed by atoms with van der Waals surface area (Å²) in [7, 11) is 2.02. The monoisotopic (exact) mass is 309 g/mol. The predicted molar refractivity (Wildman–Crippen MR) is 76.0 cm³/mol. The van der Waals surface area contributed by atoms with Crippen LogP contribution >= 0.6 is 0 Å². The van der Waals surface area contributed by atoms with Crippen LogP contribution in [0.1, 0.15) is 33.1 Å². The summed E-state index contributed by atoms with van der Waals surface area (Å²) in [5.41, 5.74) is 0. The number of nitrogens with one attached hydrogen (secondary N) is 2. The van der Waals surface area contributed by atoms with Gasteiger partial charge >= 0.3 is 6.18 Å². The van der Waals surface area contributed by atoms with Crippen LogP contribution in [0.15, 0.2) is 0 Å². The van der Waals surface area contributed by atoms with E-state index in [4.69, 9.17) is 0 Å².